The lowest BCUT2D eigenvalue weighted by atomic mass is 10.0. The van der Waals surface area contributed by atoms with Crippen LogP contribution in [0.3, 0.4) is 0 Å². The molecule has 2 aromatic rings. The third-order valence-corrected chi connectivity index (χ3v) is 3.58. The van der Waals surface area contributed by atoms with Crippen molar-refractivity contribution >= 4 is 0 Å². The van der Waals surface area contributed by atoms with Crippen molar-refractivity contribution < 1.29 is 5.11 Å². The van der Waals surface area contributed by atoms with Gasteiger partial charge in [0.15, 0.2) is 0 Å². The van der Waals surface area contributed by atoms with E-state index in [1.807, 2.05) is 62.4 Å². The quantitative estimate of drug-likeness (QED) is 0.884. The van der Waals surface area contributed by atoms with Crippen molar-refractivity contribution in [2.75, 3.05) is 6.54 Å². The van der Waals surface area contributed by atoms with E-state index in [2.05, 4.69) is 11.4 Å². The predicted octanol–water partition coefficient (Wildman–Crippen LogP) is 3.25. The van der Waals surface area contributed by atoms with Crippen LogP contribution in [0, 0.1) is 18.3 Å². The Morgan fingerprint density at radius 2 is 1.86 bits per heavy atom. The SMILES string of the molecule is Cc1cccc(C(O)CNC(C)c2ccc(C#N)cc2)c1. The molecule has 0 amide bonds. The van der Waals surface area contributed by atoms with Crippen molar-refractivity contribution in [2.45, 2.75) is 26.0 Å². The van der Waals surface area contributed by atoms with Crippen LogP contribution in [0.25, 0.3) is 0 Å². The average molecular weight is 280 g/mol. The Labute approximate surface area is 125 Å². The predicted molar refractivity (Wildman–Crippen MR) is 83.7 cm³/mol. The molecule has 2 atom stereocenters. The first-order chi connectivity index (χ1) is 10.1. The highest BCUT2D eigenvalue weighted by Crippen LogP contribution is 2.17. The molecule has 3 heteroatoms. The van der Waals surface area contributed by atoms with Gasteiger partial charge in [-0.05, 0) is 37.1 Å². The Balaban J connectivity index is 1.94. The van der Waals surface area contributed by atoms with Crippen molar-refractivity contribution in [1.82, 2.24) is 5.32 Å². The fraction of sp³-hybridized carbons (Fsp3) is 0.278. The van der Waals surface area contributed by atoms with Gasteiger partial charge in [0.05, 0.1) is 17.7 Å². The zero-order chi connectivity index (χ0) is 15.2. The number of nitrogens with one attached hydrogen (secondary N) is 1. The molecular formula is C18H20N2O. The Hall–Kier alpha value is -2.15. The maximum Gasteiger partial charge on any atom is 0.0991 e. The van der Waals surface area contributed by atoms with Gasteiger partial charge in [0.25, 0.3) is 0 Å². The molecule has 2 aromatic carbocycles. The van der Waals surface area contributed by atoms with Crippen molar-refractivity contribution in [1.29, 1.82) is 5.26 Å². The molecule has 0 radical (unpaired) electrons. The summed E-state index contributed by atoms with van der Waals surface area (Å²) in [6, 6.07) is 17.6. The zero-order valence-electron chi connectivity index (χ0n) is 12.4. The Bertz CT molecular complexity index is 628. The summed E-state index contributed by atoms with van der Waals surface area (Å²) in [7, 11) is 0. The molecular weight excluding hydrogens is 260 g/mol. The lowest BCUT2D eigenvalue weighted by molar-refractivity contribution is 0.170. The van der Waals surface area contributed by atoms with Gasteiger partial charge in [-0.15, -0.1) is 0 Å². The number of aryl methyl sites for hydroxylation is 1. The van der Waals surface area contributed by atoms with Crippen molar-refractivity contribution in [2.24, 2.45) is 0 Å². The summed E-state index contributed by atoms with van der Waals surface area (Å²) in [5, 5.41) is 22.3. The minimum absolute atomic E-state index is 0.122. The first-order valence-corrected chi connectivity index (χ1v) is 7.08. The molecule has 0 fully saturated rings. The van der Waals surface area contributed by atoms with Gasteiger partial charge in [-0.1, -0.05) is 42.0 Å². The third-order valence-electron chi connectivity index (χ3n) is 3.58. The van der Waals surface area contributed by atoms with Crippen LogP contribution < -0.4 is 5.32 Å². The van der Waals surface area contributed by atoms with Gasteiger partial charge in [0.1, 0.15) is 0 Å². The second-order valence-corrected chi connectivity index (χ2v) is 5.29. The molecule has 0 saturated heterocycles. The van der Waals surface area contributed by atoms with Gasteiger partial charge in [0, 0.05) is 12.6 Å². The zero-order valence-corrected chi connectivity index (χ0v) is 12.4. The molecule has 0 spiro atoms. The number of benzene rings is 2. The second kappa shape index (κ2) is 7.03. The van der Waals surface area contributed by atoms with Crippen molar-refractivity contribution in [3.63, 3.8) is 0 Å². The van der Waals surface area contributed by atoms with Gasteiger partial charge in [-0.25, -0.2) is 0 Å². The lowest BCUT2D eigenvalue weighted by Gasteiger charge is -2.18. The van der Waals surface area contributed by atoms with E-state index in [9.17, 15) is 5.11 Å². The van der Waals surface area contributed by atoms with Gasteiger partial charge in [-0.2, -0.15) is 5.26 Å². The van der Waals surface area contributed by atoms with E-state index in [0.717, 1.165) is 16.7 Å². The van der Waals surface area contributed by atoms with E-state index in [-0.39, 0.29) is 6.04 Å². The van der Waals surface area contributed by atoms with Gasteiger partial charge in [0.2, 0.25) is 0 Å². The average Bonchev–Trinajstić information content (AvgIpc) is 2.52. The topological polar surface area (TPSA) is 56.0 Å². The molecule has 2 unspecified atom stereocenters. The molecule has 108 valence electrons. The second-order valence-electron chi connectivity index (χ2n) is 5.29. The lowest BCUT2D eigenvalue weighted by Crippen LogP contribution is -2.24. The third kappa shape index (κ3) is 4.16. The van der Waals surface area contributed by atoms with Gasteiger partial charge < -0.3 is 10.4 Å². The molecule has 2 N–H and O–H groups in total. The number of nitriles is 1. The van der Waals surface area contributed by atoms with Crippen LogP contribution in [0.2, 0.25) is 0 Å². The number of aliphatic hydroxyl groups is 1. The number of rotatable bonds is 5. The number of aliphatic hydroxyl groups excluding tert-OH is 1. The Kier molecular flexibility index (Phi) is 5.10. The minimum atomic E-state index is -0.522. The summed E-state index contributed by atoms with van der Waals surface area (Å²) in [6.07, 6.45) is -0.522. The van der Waals surface area contributed by atoms with Crippen molar-refractivity contribution in [3.8, 4) is 6.07 Å². The smallest absolute Gasteiger partial charge is 0.0991 e. The van der Waals surface area contributed by atoms with Gasteiger partial charge >= 0.3 is 0 Å². The van der Waals surface area contributed by atoms with E-state index >= 15 is 0 Å². The van der Waals surface area contributed by atoms with Crippen LogP contribution in [0.4, 0.5) is 0 Å². The first kappa shape index (κ1) is 15.2. The Morgan fingerprint density at radius 1 is 1.14 bits per heavy atom. The highest BCUT2D eigenvalue weighted by Gasteiger charge is 2.10. The first-order valence-electron chi connectivity index (χ1n) is 7.08. The van der Waals surface area contributed by atoms with Gasteiger partial charge in [-0.3, -0.25) is 0 Å². The summed E-state index contributed by atoms with van der Waals surface area (Å²) >= 11 is 0. The summed E-state index contributed by atoms with van der Waals surface area (Å²) in [6.45, 7) is 4.55. The molecule has 0 bridgehead atoms. The maximum atomic E-state index is 10.2. The molecule has 0 aromatic heterocycles. The number of nitrogens with zero attached hydrogens (tertiary/aromatic N) is 1. The van der Waals surface area contributed by atoms with Crippen LogP contribution in [-0.2, 0) is 0 Å². The van der Waals surface area contributed by atoms with Crippen LogP contribution in [-0.4, -0.2) is 11.7 Å². The van der Waals surface area contributed by atoms with Crippen LogP contribution in [0.15, 0.2) is 48.5 Å². The van der Waals surface area contributed by atoms with Crippen LogP contribution in [0.1, 0.15) is 41.3 Å². The molecule has 3 nitrogen and oxygen atoms in total. The standard InChI is InChI=1S/C18H20N2O/c1-13-4-3-5-17(10-13)18(21)12-20-14(2)16-8-6-15(11-19)7-9-16/h3-10,14,18,20-21H,12H2,1-2H3. The molecule has 0 saturated carbocycles. The maximum absolute atomic E-state index is 10.2. The fourth-order valence-electron chi connectivity index (χ4n) is 2.25. The van der Waals surface area contributed by atoms with E-state index in [0.29, 0.717) is 12.1 Å². The minimum Gasteiger partial charge on any atom is -0.387 e. The molecule has 0 aliphatic carbocycles. The molecule has 0 aliphatic rings. The van der Waals surface area contributed by atoms with Crippen LogP contribution in [0.5, 0.6) is 0 Å². The molecule has 0 heterocycles. The van der Waals surface area contributed by atoms with E-state index in [1.165, 1.54) is 0 Å². The molecule has 21 heavy (non-hydrogen) atoms. The largest absolute Gasteiger partial charge is 0.387 e. The van der Waals surface area contributed by atoms with Crippen molar-refractivity contribution in [3.05, 3.63) is 70.8 Å². The Morgan fingerprint density at radius 3 is 2.48 bits per heavy atom. The summed E-state index contributed by atoms with van der Waals surface area (Å²) < 4.78 is 0. The summed E-state index contributed by atoms with van der Waals surface area (Å²) in [4.78, 5) is 0. The van der Waals surface area contributed by atoms with E-state index in [4.69, 9.17) is 5.26 Å². The van der Waals surface area contributed by atoms with E-state index < -0.39 is 6.10 Å². The highest BCUT2D eigenvalue weighted by atomic mass is 16.3. The monoisotopic (exact) mass is 280 g/mol. The summed E-state index contributed by atoms with van der Waals surface area (Å²) in [5.41, 5.74) is 3.83. The number of hydrogen-bond acceptors (Lipinski definition) is 3. The molecule has 0 aliphatic heterocycles. The fourth-order valence-corrected chi connectivity index (χ4v) is 2.25. The summed E-state index contributed by atoms with van der Waals surface area (Å²) in [5.74, 6) is 0. The van der Waals surface area contributed by atoms with E-state index in [1.54, 1.807) is 0 Å². The van der Waals surface area contributed by atoms with Crippen LogP contribution >= 0.6 is 0 Å². The normalized spacial score (nSPS) is 13.4. The highest BCUT2D eigenvalue weighted by molar-refractivity contribution is 5.32. The molecule has 2 rings (SSSR count). The number of hydrogen-bond donors (Lipinski definition) is 2.